The normalized spacial score (nSPS) is 9.00. The van der Waals surface area contributed by atoms with Crippen molar-refractivity contribution < 1.29 is 38.1 Å². The Hall–Kier alpha value is -0.650. The van der Waals surface area contributed by atoms with Gasteiger partial charge in [0.1, 0.15) is 13.5 Å². The molecule has 0 saturated heterocycles. The van der Waals surface area contributed by atoms with Crippen LogP contribution in [0, 0.1) is 0 Å². The lowest BCUT2D eigenvalue weighted by molar-refractivity contribution is -0.678. The van der Waals surface area contributed by atoms with Gasteiger partial charge in [0.2, 0.25) is 0 Å². The van der Waals surface area contributed by atoms with E-state index in [9.17, 15) is 4.79 Å². The molecule has 0 aliphatic carbocycles. The first-order valence-corrected chi connectivity index (χ1v) is 4.33. The number of esters is 1. The first-order valence-electron chi connectivity index (χ1n) is 4.33. The lowest BCUT2D eigenvalue weighted by atomic mass is 10.2. The van der Waals surface area contributed by atoms with Gasteiger partial charge in [-0.2, -0.15) is 0 Å². The van der Waals surface area contributed by atoms with Gasteiger partial charge < -0.3 is 28.7 Å². The molecule has 0 N–H and O–H groups in total. The van der Waals surface area contributed by atoms with E-state index in [1.54, 1.807) is 0 Å². The van der Waals surface area contributed by atoms with E-state index >= 15 is 0 Å². The summed E-state index contributed by atoms with van der Waals surface area (Å²) in [6, 6.07) is 5.75. The van der Waals surface area contributed by atoms with Crippen molar-refractivity contribution in [3.8, 4) is 0 Å². The van der Waals surface area contributed by atoms with Gasteiger partial charge in [0.15, 0.2) is 11.9 Å². The molecule has 0 atom stereocenters. The predicted octanol–water partition coefficient (Wildman–Crippen LogP) is -2.38. The third-order valence-corrected chi connectivity index (χ3v) is 1.79. The number of hydrogen-bond donors (Lipinski definition) is 0. The predicted molar refractivity (Wildman–Crippen MR) is 48.0 cm³/mol. The van der Waals surface area contributed by atoms with Crippen LogP contribution in [-0.4, -0.2) is 12.6 Å². The molecule has 1 aromatic rings. The number of carbonyl (C=O) groups excluding carboxylic acids is 1. The fourth-order valence-electron chi connectivity index (χ4n) is 1.10. The van der Waals surface area contributed by atoms with E-state index in [1.807, 2.05) is 42.9 Å². The molecule has 0 aromatic carbocycles. The standard InChI is InChI=1S/C10H14NO2.HI/c1-3-13-10(12)8-9-6-4-5-7-11(9)2;/h4-7H,3,8H2,1-2H3;1H/q+1;/p-1. The fraction of sp³-hybridized carbons (Fsp3) is 0.400. The van der Waals surface area contributed by atoms with Crippen molar-refractivity contribution in [2.24, 2.45) is 7.05 Å². The summed E-state index contributed by atoms with van der Waals surface area (Å²) in [7, 11) is 1.91. The molecule has 14 heavy (non-hydrogen) atoms. The smallest absolute Gasteiger partial charge is 0.316 e. The number of nitrogens with zero attached hydrogens (tertiary/aromatic N) is 1. The Bertz CT molecular complexity index is 302. The molecule has 0 aliphatic heterocycles. The van der Waals surface area contributed by atoms with Crippen molar-refractivity contribution in [3.63, 3.8) is 0 Å². The second kappa shape index (κ2) is 6.75. The van der Waals surface area contributed by atoms with Crippen LogP contribution in [0.5, 0.6) is 0 Å². The molecule has 0 unspecified atom stereocenters. The average molecular weight is 307 g/mol. The highest BCUT2D eigenvalue weighted by atomic mass is 127. The second-order valence-corrected chi connectivity index (χ2v) is 2.78. The molecular formula is C10H14INO2. The lowest BCUT2D eigenvalue weighted by Gasteiger charge is -1.99. The van der Waals surface area contributed by atoms with Crippen LogP contribution in [-0.2, 0) is 23.0 Å². The van der Waals surface area contributed by atoms with Gasteiger partial charge in [-0.3, -0.25) is 4.79 Å². The van der Waals surface area contributed by atoms with Gasteiger partial charge in [-0.15, -0.1) is 0 Å². The van der Waals surface area contributed by atoms with Crippen LogP contribution >= 0.6 is 0 Å². The molecule has 0 saturated carbocycles. The van der Waals surface area contributed by atoms with Gasteiger partial charge in [-0.25, -0.2) is 4.57 Å². The summed E-state index contributed by atoms with van der Waals surface area (Å²) >= 11 is 0. The summed E-state index contributed by atoms with van der Waals surface area (Å²) in [4.78, 5) is 11.1. The number of ether oxygens (including phenoxy) is 1. The zero-order valence-corrected chi connectivity index (χ0v) is 10.5. The number of hydrogen-bond acceptors (Lipinski definition) is 2. The van der Waals surface area contributed by atoms with Gasteiger partial charge in [0.25, 0.3) is 0 Å². The Morgan fingerprint density at radius 1 is 1.50 bits per heavy atom. The number of carbonyl (C=O) groups is 1. The first-order chi connectivity index (χ1) is 6.24. The quantitative estimate of drug-likeness (QED) is 0.355. The molecule has 0 aliphatic rings. The van der Waals surface area contributed by atoms with Crippen LogP contribution in [0.15, 0.2) is 24.4 Å². The summed E-state index contributed by atoms with van der Waals surface area (Å²) in [6.45, 7) is 2.25. The van der Waals surface area contributed by atoms with Crippen LogP contribution in [0.3, 0.4) is 0 Å². The first kappa shape index (κ1) is 13.4. The number of halogens is 1. The third-order valence-electron chi connectivity index (χ3n) is 1.79. The number of aryl methyl sites for hydroxylation is 1. The zero-order chi connectivity index (χ0) is 9.68. The van der Waals surface area contributed by atoms with Crippen LogP contribution in [0.4, 0.5) is 0 Å². The van der Waals surface area contributed by atoms with Crippen LogP contribution < -0.4 is 28.5 Å². The molecule has 0 radical (unpaired) electrons. The van der Waals surface area contributed by atoms with Crippen LogP contribution in [0.1, 0.15) is 12.6 Å². The Morgan fingerprint density at radius 2 is 2.21 bits per heavy atom. The van der Waals surface area contributed by atoms with E-state index in [1.165, 1.54) is 0 Å². The molecule has 78 valence electrons. The van der Waals surface area contributed by atoms with Gasteiger partial charge >= 0.3 is 5.97 Å². The van der Waals surface area contributed by atoms with Gasteiger partial charge in [-0.1, -0.05) is 6.07 Å². The topological polar surface area (TPSA) is 30.2 Å². The minimum Gasteiger partial charge on any atom is -1.00 e. The summed E-state index contributed by atoms with van der Waals surface area (Å²) < 4.78 is 6.76. The van der Waals surface area contributed by atoms with E-state index in [2.05, 4.69) is 0 Å². The summed E-state index contributed by atoms with van der Waals surface area (Å²) in [5.41, 5.74) is 0.959. The molecule has 0 spiro atoms. The number of aromatic nitrogens is 1. The molecule has 1 rings (SSSR count). The molecule has 0 amide bonds. The Kier molecular flexibility index (Phi) is 6.44. The molecular weight excluding hydrogens is 293 g/mol. The molecule has 0 bridgehead atoms. The maximum absolute atomic E-state index is 11.1. The Morgan fingerprint density at radius 3 is 2.79 bits per heavy atom. The van der Waals surface area contributed by atoms with Crippen LogP contribution in [0.25, 0.3) is 0 Å². The molecule has 3 nitrogen and oxygen atoms in total. The van der Waals surface area contributed by atoms with Crippen molar-refractivity contribution >= 4 is 5.97 Å². The molecule has 1 heterocycles. The van der Waals surface area contributed by atoms with Gasteiger partial charge in [-0.05, 0) is 6.92 Å². The minimum atomic E-state index is -0.177. The van der Waals surface area contributed by atoms with Gasteiger partial charge in [0.05, 0.1) is 6.61 Å². The largest absolute Gasteiger partial charge is 1.00 e. The van der Waals surface area contributed by atoms with Crippen molar-refractivity contribution in [2.45, 2.75) is 13.3 Å². The molecule has 0 fully saturated rings. The average Bonchev–Trinajstić information content (AvgIpc) is 2.09. The zero-order valence-electron chi connectivity index (χ0n) is 8.37. The maximum Gasteiger partial charge on any atom is 0.316 e. The summed E-state index contributed by atoms with van der Waals surface area (Å²) in [6.07, 6.45) is 2.25. The Balaban J connectivity index is 0.00000169. The molecule has 1 aromatic heterocycles. The highest BCUT2D eigenvalue weighted by Crippen LogP contribution is 1.94. The van der Waals surface area contributed by atoms with E-state index in [0.717, 1.165) is 5.69 Å². The lowest BCUT2D eigenvalue weighted by Crippen LogP contribution is -3.00. The van der Waals surface area contributed by atoms with Gasteiger partial charge in [0, 0.05) is 12.1 Å². The SMILES string of the molecule is CCOC(=O)Cc1cccc[n+]1C.[I-]. The van der Waals surface area contributed by atoms with E-state index < -0.39 is 0 Å². The second-order valence-electron chi connectivity index (χ2n) is 2.78. The highest BCUT2D eigenvalue weighted by molar-refractivity contribution is 5.71. The monoisotopic (exact) mass is 307 g/mol. The highest BCUT2D eigenvalue weighted by Gasteiger charge is 2.11. The van der Waals surface area contributed by atoms with Crippen molar-refractivity contribution in [1.29, 1.82) is 0 Å². The third kappa shape index (κ3) is 4.04. The minimum absolute atomic E-state index is 0. The van der Waals surface area contributed by atoms with E-state index in [0.29, 0.717) is 13.0 Å². The van der Waals surface area contributed by atoms with Crippen molar-refractivity contribution in [1.82, 2.24) is 0 Å². The Labute approximate surface area is 101 Å². The van der Waals surface area contributed by atoms with Crippen molar-refractivity contribution in [2.75, 3.05) is 6.61 Å². The number of pyridine rings is 1. The van der Waals surface area contributed by atoms with Crippen LogP contribution in [0.2, 0.25) is 0 Å². The van der Waals surface area contributed by atoms with E-state index in [4.69, 9.17) is 4.74 Å². The fourth-order valence-corrected chi connectivity index (χ4v) is 1.10. The summed E-state index contributed by atoms with van der Waals surface area (Å²) in [5, 5.41) is 0. The maximum atomic E-state index is 11.1. The number of rotatable bonds is 3. The molecule has 4 heteroatoms. The van der Waals surface area contributed by atoms with Crippen molar-refractivity contribution in [3.05, 3.63) is 30.1 Å². The van der Waals surface area contributed by atoms with E-state index in [-0.39, 0.29) is 29.9 Å². The summed E-state index contributed by atoms with van der Waals surface area (Å²) in [5.74, 6) is -0.177.